The summed E-state index contributed by atoms with van der Waals surface area (Å²) in [5, 5.41) is 10.0. The van der Waals surface area contributed by atoms with E-state index in [0.29, 0.717) is 12.0 Å². The van der Waals surface area contributed by atoms with Gasteiger partial charge in [-0.15, -0.1) is 0 Å². The number of hydrogen-bond acceptors (Lipinski definition) is 2. The van der Waals surface area contributed by atoms with Crippen LogP contribution in [0.4, 0.5) is 0 Å². The first-order valence-electron chi connectivity index (χ1n) is 6.86. The molecule has 2 rings (SSSR count). The molecule has 2 fully saturated rings. The zero-order valence-corrected chi connectivity index (χ0v) is 10.4. The van der Waals surface area contributed by atoms with Gasteiger partial charge in [-0.05, 0) is 39.2 Å². The Hall–Kier alpha value is -0.340. The van der Waals surface area contributed by atoms with Crippen LogP contribution in [0.25, 0.3) is 0 Å². The summed E-state index contributed by atoms with van der Waals surface area (Å²) in [5.41, 5.74) is 0. The van der Waals surface area contributed by atoms with E-state index in [9.17, 15) is 5.11 Å². The van der Waals surface area contributed by atoms with Gasteiger partial charge in [0.05, 0.1) is 6.10 Å². The molecule has 92 valence electrons. The fourth-order valence-electron chi connectivity index (χ4n) is 3.39. The summed E-state index contributed by atoms with van der Waals surface area (Å²) >= 11 is 0. The van der Waals surface area contributed by atoms with Gasteiger partial charge in [-0.25, -0.2) is 0 Å². The highest BCUT2D eigenvalue weighted by Crippen LogP contribution is 2.34. The number of aliphatic hydroxyl groups is 1. The second-order valence-electron chi connectivity index (χ2n) is 5.29. The van der Waals surface area contributed by atoms with Gasteiger partial charge >= 0.3 is 0 Å². The quantitative estimate of drug-likeness (QED) is 0.743. The third-order valence-electron chi connectivity index (χ3n) is 4.27. The minimum Gasteiger partial charge on any atom is -0.393 e. The maximum Gasteiger partial charge on any atom is 0.0583 e. The van der Waals surface area contributed by atoms with E-state index >= 15 is 0 Å². The first-order valence-corrected chi connectivity index (χ1v) is 6.86. The molecule has 2 nitrogen and oxygen atoms in total. The fraction of sp³-hybridized carbons (Fsp3) is 0.857. The maximum atomic E-state index is 10.0. The molecular formula is C14H25NO. The number of hydrogen-bond donors (Lipinski definition) is 1. The molecule has 1 saturated carbocycles. The lowest BCUT2D eigenvalue weighted by atomic mass is 9.88. The van der Waals surface area contributed by atoms with Crippen LogP contribution in [-0.2, 0) is 0 Å². The largest absolute Gasteiger partial charge is 0.393 e. The topological polar surface area (TPSA) is 23.5 Å². The van der Waals surface area contributed by atoms with Gasteiger partial charge in [-0.2, -0.15) is 0 Å². The van der Waals surface area contributed by atoms with Crippen LogP contribution in [0.1, 0.15) is 45.4 Å². The Morgan fingerprint density at radius 3 is 2.75 bits per heavy atom. The van der Waals surface area contributed by atoms with Gasteiger partial charge in [0.2, 0.25) is 0 Å². The van der Waals surface area contributed by atoms with Crippen molar-refractivity contribution in [3.63, 3.8) is 0 Å². The SMILES string of the molecule is C/C=C/CN1CCCCC1C1CCCC1O. The van der Waals surface area contributed by atoms with Crippen molar-refractivity contribution in [1.82, 2.24) is 4.90 Å². The number of allylic oxidation sites excluding steroid dienone is 1. The average molecular weight is 223 g/mol. The van der Waals surface area contributed by atoms with Crippen molar-refractivity contribution >= 4 is 0 Å². The minimum absolute atomic E-state index is 0.0313. The molecule has 0 bridgehead atoms. The first kappa shape index (κ1) is 12.1. The number of aliphatic hydroxyl groups excluding tert-OH is 1. The molecule has 0 amide bonds. The summed E-state index contributed by atoms with van der Waals surface area (Å²) in [7, 11) is 0. The van der Waals surface area contributed by atoms with Gasteiger partial charge in [-0.3, -0.25) is 4.90 Å². The molecule has 3 atom stereocenters. The maximum absolute atomic E-state index is 10.0. The van der Waals surface area contributed by atoms with E-state index in [1.54, 1.807) is 0 Å². The predicted octanol–water partition coefficient (Wildman–Crippen LogP) is 2.58. The molecular weight excluding hydrogens is 198 g/mol. The van der Waals surface area contributed by atoms with Crippen molar-refractivity contribution in [3.8, 4) is 0 Å². The highest BCUT2D eigenvalue weighted by Gasteiger charge is 2.36. The molecule has 0 radical (unpaired) electrons. The summed E-state index contributed by atoms with van der Waals surface area (Å²) in [5.74, 6) is 0.547. The molecule has 0 spiro atoms. The fourth-order valence-corrected chi connectivity index (χ4v) is 3.39. The van der Waals surface area contributed by atoms with Gasteiger partial charge in [0, 0.05) is 18.5 Å². The van der Waals surface area contributed by atoms with E-state index in [0.717, 1.165) is 13.0 Å². The van der Waals surface area contributed by atoms with Crippen molar-refractivity contribution in [3.05, 3.63) is 12.2 Å². The third-order valence-corrected chi connectivity index (χ3v) is 4.27. The zero-order chi connectivity index (χ0) is 11.4. The Bertz CT molecular complexity index is 239. The van der Waals surface area contributed by atoms with Crippen molar-refractivity contribution < 1.29 is 5.11 Å². The third kappa shape index (κ3) is 2.67. The highest BCUT2D eigenvalue weighted by atomic mass is 16.3. The van der Waals surface area contributed by atoms with Crippen molar-refractivity contribution in [2.45, 2.75) is 57.6 Å². The molecule has 1 aliphatic heterocycles. The van der Waals surface area contributed by atoms with E-state index < -0.39 is 0 Å². The number of piperidine rings is 1. The van der Waals surface area contributed by atoms with Crippen LogP contribution in [0.3, 0.4) is 0 Å². The van der Waals surface area contributed by atoms with Crippen molar-refractivity contribution in [2.24, 2.45) is 5.92 Å². The average Bonchev–Trinajstić information content (AvgIpc) is 2.73. The lowest BCUT2D eigenvalue weighted by molar-refractivity contribution is 0.0417. The van der Waals surface area contributed by atoms with E-state index in [2.05, 4.69) is 24.0 Å². The van der Waals surface area contributed by atoms with Crippen LogP contribution in [0.2, 0.25) is 0 Å². The van der Waals surface area contributed by atoms with E-state index in [-0.39, 0.29) is 6.10 Å². The lowest BCUT2D eigenvalue weighted by Crippen LogP contribution is -2.46. The Morgan fingerprint density at radius 2 is 2.06 bits per heavy atom. The summed E-state index contributed by atoms with van der Waals surface area (Å²) in [6, 6.07) is 0.641. The number of rotatable bonds is 3. The Kier molecular flexibility index (Phi) is 4.42. The van der Waals surface area contributed by atoms with Gasteiger partial charge in [0.25, 0.3) is 0 Å². The van der Waals surface area contributed by atoms with Gasteiger partial charge in [-0.1, -0.05) is 25.0 Å². The summed E-state index contributed by atoms with van der Waals surface area (Å²) in [6.07, 6.45) is 11.8. The molecule has 3 unspecified atom stereocenters. The van der Waals surface area contributed by atoms with Gasteiger partial charge < -0.3 is 5.11 Å². The number of nitrogens with zero attached hydrogens (tertiary/aromatic N) is 1. The van der Waals surface area contributed by atoms with Crippen molar-refractivity contribution in [2.75, 3.05) is 13.1 Å². The first-order chi connectivity index (χ1) is 7.83. The second kappa shape index (κ2) is 5.83. The van der Waals surface area contributed by atoms with Crippen LogP contribution < -0.4 is 0 Å². The highest BCUT2D eigenvalue weighted by molar-refractivity contribution is 4.93. The lowest BCUT2D eigenvalue weighted by Gasteiger charge is -2.39. The van der Waals surface area contributed by atoms with Gasteiger partial charge in [0.15, 0.2) is 0 Å². The standard InChI is InChI=1S/C14H25NO/c1-2-3-10-15-11-5-4-8-13(15)12-7-6-9-14(12)16/h2-3,12-14,16H,4-11H2,1H3/b3-2+. The molecule has 1 heterocycles. The van der Waals surface area contributed by atoms with Crippen LogP contribution in [-0.4, -0.2) is 35.2 Å². The summed E-state index contributed by atoms with van der Waals surface area (Å²) < 4.78 is 0. The van der Waals surface area contributed by atoms with Crippen molar-refractivity contribution in [1.29, 1.82) is 0 Å². The molecule has 1 saturated heterocycles. The normalized spacial score (nSPS) is 37.2. The summed E-state index contributed by atoms with van der Waals surface area (Å²) in [4.78, 5) is 2.59. The molecule has 1 aliphatic carbocycles. The van der Waals surface area contributed by atoms with Crippen LogP contribution >= 0.6 is 0 Å². The molecule has 0 aromatic rings. The Balaban J connectivity index is 1.97. The summed E-state index contributed by atoms with van der Waals surface area (Å²) in [6.45, 7) is 4.38. The molecule has 0 aromatic heterocycles. The molecule has 2 aliphatic rings. The molecule has 1 N–H and O–H groups in total. The van der Waals surface area contributed by atoms with Crippen LogP contribution in [0.15, 0.2) is 12.2 Å². The van der Waals surface area contributed by atoms with E-state index in [1.165, 1.54) is 38.6 Å². The van der Waals surface area contributed by atoms with Crippen LogP contribution in [0, 0.1) is 5.92 Å². The Labute approximate surface area is 99.3 Å². The zero-order valence-electron chi connectivity index (χ0n) is 10.4. The Morgan fingerprint density at radius 1 is 1.19 bits per heavy atom. The minimum atomic E-state index is -0.0313. The monoisotopic (exact) mass is 223 g/mol. The van der Waals surface area contributed by atoms with E-state index in [1.807, 2.05) is 0 Å². The van der Waals surface area contributed by atoms with Gasteiger partial charge in [0.1, 0.15) is 0 Å². The van der Waals surface area contributed by atoms with E-state index in [4.69, 9.17) is 0 Å². The predicted molar refractivity (Wildman–Crippen MR) is 67.4 cm³/mol. The molecule has 2 heteroatoms. The second-order valence-corrected chi connectivity index (χ2v) is 5.29. The van der Waals surface area contributed by atoms with Crippen LogP contribution in [0.5, 0.6) is 0 Å². The molecule has 16 heavy (non-hydrogen) atoms. The smallest absolute Gasteiger partial charge is 0.0583 e. The number of likely N-dealkylation sites (tertiary alicyclic amines) is 1. The molecule has 0 aromatic carbocycles.